The van der Waals surface area contributed by atoms with Crippen LogP contribution in [0, 0.1) is 13.8 Å². The van der Waals surface area contributed by atoms with E-state index in [1.165, 1.54) is 16.7 Å². The lowest BCUT2D eigenvalue weighted by atomic mass is 10.1. The average molecular weight is 290 g/mol. The van der Waals surface area contributed by atoms with Crippen molar-refractivity contribution in [2.24, 2.45) is 0 Å². The summed E-state index contributed by atoms with van der Waals surface area (Å²) in [6, 6.07) is 14.1. The highest BCUT2D eigenvalue weighted by atomic mass is 35.5. The molecular weight excluding hydrogens is 270 g/mol. The largest absolute Gasteiger partial charge is 0.492 e. The summed E-state index contributed by atoms with van der Waals surface area (Å²) in [4.78, 5) is 0. The predicted molar refractivity (Wildman–Crippen MR) is 84.6 cm³/mol. The highest BCUT2D eigenvalue weighted by Gasteiger charge is 1.99. The lowest BCUT2D eigenvalue weighted by Gasteiger charge is -2.10. The van der Waals surface area contributed by atoms with Gasteiger partial charge in [-0.25, -0.2) is 0 Å². The fourth-order valence-electron chi connectivity index (χ4n) is 2.03. The van der Waals surface area contributed by atoms with E-state index < -0.39 is 0 Å². The third-order valence-corrected chi connectivity index (χ3v) is 3.39. The number of aryl methyl sites for hydroxylation is 2. The Morgan fingerprint density at radius 3 is 2.70 bits per heavy atom. The van der Waals surface area contributed by atoms with E-state index in [0.29, 0.717) is 6.61 Å². The van der Waals surface area contributed by atoms with Crippen molar-refractivity contribution in [2.45, 2.75) is 20.4 Å². The van der Waals surface area contributed by atoms with E-state index in [2.05, 4.69) is 31.3 Å². The molecule has 3 heteroatoms. The molecule has 2 nitrogen and oxygen atoms in total. The molecule has 1 N–H and O–H groups in total. The number of hydrogen-bond donors (Lipinski definition) is 1. The molecule has 0 bridgehead atoms. The Balaban J connectivity index is 1.71. The number of hydrogen-bond acceptors (Lipinski definition) is 2. The van der Waals surface area contributed by atoms with Gasteiger partial charge in [0.1, 0.15) is 12.4 Å². The van der Waals surface area contributed by atoms with Gasteiger partial charge in [0.2, 0.25) is 0 Å². The van der Waals surface area contributed by atoms with Gasteiger partial charge in [-0.1, -0.05) is 29.8 Å². The molecule has 20 heavy (non-hydrogen) atoms. The van der Waals surface area contributed by atoms with Crippen molar-refractivity contribution in [2.75, 3.05) is 13.2 Å². The van der Waals surface area contributed by atoms with E-state index in [0.717, 1.165) is 23.9 Å². The van der Waals surface area contributed by atoms with Crippen LogP contribution in [0.4, 0.5) is 0 Å². The number of halogens is 1. The van der Waals surface area contributed by atoms with Crippen LogP contribution in [-0.4, -0.2) is 13.2 Å². The maximum Gasteiger partial charge on any atom is 0.119 e. The van der Waals surface area contributed by atoms with E-state index >= 15 is 0 Å². The normalized spacial score (nSPS) is 10.6. The third kappa shape index (κ3) is 4.55. The quantitative estimate of drug-likeness (QED) is 0.808. The predicted octanol–water partition coefficient (Wildman–Crippen LogP) is 4.13. The van der Waals surface area contributed by atoms with Crippen LogP contribution in [0.25, 0.3) is 0 Å². The van der Waals surface area contributed by atoms with Gasteiger partial charge in [0, 0.05) is 18.1 Å². The summed E-state index contributed by atoms with van der Waals surface area (Å²) in [6.07, 6.45) is 0. The van der Waals surface area contributed by atoms with Gasteiger partial charge >= 0.3 is 0 Å². The maximum absolute atomic E-state index is 5.94. The summed E-state index contributed by atoms with van der Waals surface area (Å²) in [5.41, 5.74) is 3.70. The van der Waals surface area contributed by atoms with Gasteiger partial charge in [-0.2, -0.15) is 0 Å². The molecule has 2 aromatic carbocycles. The molecule has 2 aromatic rings. The van der Waals surface area contributed by atoms with Crippen molar-refractivity contribution < 1.29 is 4.74 Å². The molecule has 0 saturated carbocycles. The minimum Gasteiger partial charge on any atom is -0.492 e. The van der Waals surface area contributed by atoms with Crippen molar-refractivity contribution in [1.29, 1.82) is 0 Å². The van der Waals surface area contributed by atoms with Crippen LogP contribution in [0.15, 0.2) is 42.5 Å². The van der Waals surface area contributed by atoms with Crippen molar-refractivity contribution in [3.8, 4) is 5.75 Å². The van der Waals surface area contributed by atoms with Gasteiger partial charge in [0.15, 0.2) is 0 Å². The van der Waals surface area contributed by atoms with Crippen LogP contribution in [0.2, 0.25) is 5.02 Å². The van der Waals surface area contributed by atoms with Crippen molar-refractivity contribution >= 4 is 11.6 Å². The average Bonchev–Trinajstić information content (AvgIpc) is 2.41. The van der Waals surface area contributed by atoms with E-state index in [1.54, 1.807) is 0 Å². The summed E-state index contributed by atoms with van der Waals surface area (Å²) in [5.74, 6) is 0.925. The number of nitrogens with one attached hydrogen (secondary N) is 1. The van der Waals surface area contributed by atoms with Gasteiger partial charge in [-0.15, -0.1) is 0 Å². The molecule has 0 heterocycles. The van der Waals surface area contributed by atoms with Crippen LogP contribution in [-0.2, 0) is 6.54 Å². The lowest BCUT2D eigenvalue weighted by Crippen LogP contribution is -2.21. The van der Waals surface area contributed by atoms with Gasteiger partial charge in [0.25, 0.3) is 0 Å². The monoisotopic (exact) mass is 289 g/mol. The van der Waals surface area contributed by atoms with Crippen molar-refractivity contribution in [3.05, 3.63) is 64.2 Å². The van der Waals surface area contributed by atoms with Gasteiger partial charge in [-0.05, 0) is 54.8 Å². The zero-order valence-electron chi connectivity index (χ0n) is 11.9. The Labute approximate surface area is 125 Å². The number of rotatable bonds is 6. The first-order valence-electron chi connectivity index (χ1n) is 6.80. The highest BCUT2D eigenvalue weighted by Crippen LogP contribution is 2.15. The number of benzene rings is 2. The maximum atomic E-state index is 5.94. The Hall–Kier alpha value is -1.51. The molecule has 0 amide bonds. The fraction of sp³-hybridized carbons (Fsp3) is 0.294. The van der Waals surface area contributed by atoms with Gasteiger partial charge in [-0.3, -0.25) is 0 Å². The molecule has 0 aromatic heterocycles. The molecule has 0 fully saturated rings. The summed E-state index contributed by atoms with van der Waals surface area (Å²) >= 11 is 5.94. The molecule has 0 saturated heterocycles. The smallest absolute Gasteiger partial charge is 0.119 e. The molecule has 0 aliphatic heterocycles. The minimum atomic E-state index is 0.663. The molecule has 0 aliphatic rings. The zero-order valence-corrected chi connectivity index (χ0v) is 12.7. The first-order valence-corrected chi connectivity index (χ1v) is 7.18. The van der Waals surface area contributed by atoms with E-state index in [4.69, 9.17) is 16.3 Å². The Morgan fingerprint density at radius 2 is 1.95 bits per heavy atom. The molecule has 0 spiro atoms. The first-order chi connectivity index (χ1) is 9.65. The standard InChI is InChI=1S/C17H20ClNO/c1-13-4-3-5-17(10-13)20-9-8-19-12-15-6-7-16(18)11-14(15)2/h3-7,10-11,19H,8-9,12H2,1-2H3. The zero-order chi connectivity index (χ0) is 14.4. The summed E-state index contributed by atoms with van der Waals surface area (Å²) in [6.45, 7) is 6.45. The van der Waals surface area contributed by atoms with Crippen LogP contribution in [0.5, 0.6) is 5.75 Å². The third-order valence-electron chi connectivity index (χ3n) is 3.16. The van der Waals surface area contributed by atoms with E-state index in [9.17, 15) is 0 Å². The molecule has 0 unspecified atom stereocenters. The van der Waals surface area contributed by atoms with Crippen molar-refractivity contribution in [3.63, 3.8) is 0 Å². The molecule has 106 valence electrons. The summed E-state index contributed by atoms with van der Waals surface area (Å²) < 4.78 is 5.69. The summed E-state index contributed by atoms with van der Waals surface area (Å²) in [5, 5.41) is 4.16. The van der Waals surface area contributed by atoms with Crippen molar-refractivity contribution in [1.82, 2.24) is 5.32 Å². The topological polar surface area (TPSA) is 21.3 Å². The highest BCUT2D eigenvalue weighted by molar-refractivity contribution is 6.30. The molecule has 0 atom stereocenters. The minimum absolute atomic E-state index is 0.663. The first kappa shape index (κ1) is 14.9. The van der Waals surface area contributed by atoms with Crippen LogP contribution in [0.3, 0.4) is 0 Å². The van der Waals surface area contributed by atoms with Crippen LogP contribution < -0.4 is 10.1 Å². The second-order valence-electron chi connectivity index (χ2n) is 4.91. The second-order valence-corrected chi connectivity index (χ2v) is 5.35. The Morgan fingerprint density at radius 1 is 1.10 bits per heavy atom. The number of ether oxygens (including phenoxy) is 1. The van der Waals surface area contributed by atoms with Gasteiger partial charge in [0.05, 0.1) is 0 Å². The molecule has 0 radical (unpaired) electrons. The van der Waals surface area contributed by atoms with Crippen LogP contribution >= 0.6 is 11.6 Å². The van der Waals surface area contributed by atoms with Crippen LogP contribution in [0.1, 0.15) is 16.7 Å². The van der Waals surface area contributed by atoms with E-state index in [1.807, 2.05) is 30.3 Å². The molecule has 0 aliphatic carbocycles. The van der Waals surface area contributed by atoms with E-state index in [-0.39, 0.29) is 0 Å². The summed E-state index contributed by atoms with van der Waals surface area (Å²) in [7, 11) is 0. The Kier molecular flexibility index (Phi) is 5.45. The Bertz CT molecular complexity index is 569. The SMILES string of the molecule is Cc1cccc(OCCNCc2ccc(Cl)cc2C)c1. The second kappa shape index (κ2) is 7.32. The molecular formula is C17H20ClNO. The molecule has 2 rings (SSSR count). The lowest BCUT2D eigenvalue weighted by molar-refractivity contribution is 0.313. The fourth-order valence-corrected chi connectivity index (χ4v) is 2.25. The van der Waals surface area contributed by atoms with Gasteiger partial charge < -0.3 is 10.1 Å².